The summed E-state index contributed by atoms with van der Waals surface area (Å²) >= 11 is 0. The molecule has 25 heavy (non-hydrogen) atoms. The molecule has 0 heterocycles. The maximum atomic E-state index is 11.7. The molecule has 5 heteroatoms. The summed E-state index contributed by atoms with van der Waals surface area (Å²) in [7, 11) is 0. The van der Waals surface area contributed by atoms with Crippen LogP contribution in [0.15, 0.2) is 11.6 Å². The molecule has 0 bridgehead atoms. The molecular weight excluding hydrogens is 320 g/mol. The monoisotopic (exact) mass is 352 g/mol. The Morgan fingerprint density at radius 2 is 1.80 bits per heavy atom. The lowest BCUT2D eigenvalue weighted by Gasteiger charge is -2.56. The molecule has 0 spiro atoms. The van der Waals surface area contributed by atoms with Gasteiger partial charge in [0, 0.05) is 11.5 Å². The molecule has 0 amide bonds. The van der Waals surface area contributed by atoms with Gasteiger partial charge in [-0.05, 0) is 63.2 Å². The quantitative estimate of drug-likeness (QED) is 0.656. The van der Waals surface area contributed by atoms with E-state index in [1.54, 1.807) is 6.92 Å². The molecule has 2 saturated carbocycles. The standard InChI is InChI=1S/C20H32O5/c1-12(10-16(21)22)6-8-18(3)13(2)7-9-19(4)15(18)11-14(17(23)24)20(19,5)25/h10,13-15,25H,6-9,11H2,1-5H3,(H,21,22)(H,23,24)/b12-10-/t13-,14-,15-,18+,19+,20-/m1/s1. The minimum Gasteiger partial charge on any atom is -0.481 e. The second-order valence-electron chi connectivity index (χ2n) is 9.02. The first-order valence-electron chi connectivity index (χ1n) is 9.21. The fourth-order valence-electron chi connectivity index (χ4n) is 5.60. The van der Waals surface area contributed by atoms with Gasteiger partial charge < -0.3 is 15.3 Å². The normalized spacial score (nSPS) is 44.4. The van der Waals surface area contributed by atoms with Crippen LogP contribution >= 0.6 is 0 Å². The smallest absolute Gasteiger partial charge is 0.328 e. The van der Waals surface area contributed by atoms with Crippen LogP contribution in [0, 0.1) is 28.6 Å². The number of hydrogen-bond acceptors (Lipinski definition) is 3. The first kappa shape index (κ1) is 20.0. The van der Waals surface area contributed by atoms with Gasteiger partial charge in [0.25, 0.3) is 0 Å². The van der Waals surface area contributed by atoms with E-state index in [1.807, 2.05) is 13.8 Å². The fraction of sp³-hybridized carbons (Fsp3) is 0.800. The van der Waals surface area contributed by atoms with E-state index in [2.05, 4.69) is 13.8 Å². The summed E-state index contributed by atoms with van der Waals surface area (Å²) in [6.45, 7) is 9.98. The predicted molar refractivity (Wildman–Crippen MR) is 95.1 cm³/mol. The van der Waals surface area contributed by atoms with Gasteiger partial charge >= 0.3 is 11.9 Å². The summed E-state index contributed by atoms with van der Waals surface area (Å²) in [4.78, 5) is 22.6. The van der Waals surface area contributed by atoms with Crippen molar-refractivity contribution in [3.05, 3.63) is 11.6 Å². The van der Waals surface area contributed by atoms with Gasteiger partial charge in [-0.2, -0.15) is 0 Å². The van der Waals surface area contributed by atoms with E-state index in [1.165, 1.54) is 6.08 Å². The zero-order valence-electron chi connectivity index (χ0n) is 16.0. The van der Waals surface area contributed by atoms with E-state index in [9.17, 15) is 19.8 Å². The average molecular weight is 352 g/mol. The lowest BCUT2D eigenvalue weighted by molar-refractivity contribution is -0.161. The van der Waals surface area contributed by atoms with Gasteiger partial charge in [0.15, 0.2) is 0 Å². The van der Waals surface area contributed by atoms with Crippen LogP contribution in [0.3, 0.4) is 0 Å². The highest BCUT2D eigenvalue weighted by Crippen LogP contribution is 2.67. The maximum absolute atomic E-state index is 11.7. The van der Waals surface area contributed by atoms with Crippen LogP contribution < -0.4 is 0 Å². The summed E-state index contributed by atoms with van der Waals surface area (Å²) in [5, 5.41) is 29.7. The predicted octanol–water partition coefficient (Wildman–Crippen LogP) is 3.71. The first-order chi connectivity index (χ1) is 11.4. The zero-order chi connectivity index (χ0) is 19.2. The van der Waals surface area contributed by atoms with Crippen LogP contribution in [-0.2, 0) is 9.59 Å². The molecule has 0 radical (unpaired) electrons. The lowest BCUT2D eigenvalue weighted by atomic mass is 9.50. The summed E-state index contributed by atoms with van der Waals surface area (Å²) < 4.78 is 0. The van der Waals surface area contributed by atoms with Gasteiger partial charge in [-0.3, -0.25) is 4.79 Å². The summed E-state index contributed by atoms with van der Waals surface area (Å²) in [5.74, 6) is -2.08. The van der Waals surface area contributed by atoms with Crippen molar-refractivity contribution < 1.29 is 24.9 Å². The van der Waals surface area contributed by atoms with Crippen molar-refractivity contribution in [2.45, 2.75) is 72.3 Å². The molecule has 3 N–H and O–H groups in total. The van der Waals surface area contributed by atoms with Crippen molar-refractivity contribution in [3.8, 4) is 0 Å². The number of carbonyl (C=O) groups is 2. The van der Waals surface area contributed by atoms with E-state index in [4.69, 9.17) is 5.11 Å². The van der Waals surface area contributed by atoms with Crippen LogP contribution in [0.1, 0.15) is 66.7 Å². The number of allylic oxidation sites excluding steroid dienone is 1. The van der Waals surface area contributed by atoms with E-state index in [0.29, 0.717) is 18.8 Å². The Labute approximate surface area is 150 Å². The summed E-state index contributed by atoms with van der Waals surface area (Å²) in [6.07, 6.45) is 5.01. The van der Waals surface area contributed by atoms with Crippen molar-refractivity contribution >= 4 is 11.9 Å². The third-order valence-electron chi connectivity index (χ3n) is 7.82. The Balaban J connectivity index is 2.34. The van der Waals surface area contributed by atoms with Crippen molar-refractivity contribution in [2.75, 3.05) is 0 Å². The van der Waals surface area contributed by atoms with Gasteiger partial charge in [-0.15, -0.1) is 0 Å². The van der Waals surface area contributed by atoms with Crippen LogP contribution in [0.2, 0.25) is 0 Å². The molecule has 0 unspecified atom stereocenters. The molecule has 0 aromatic heterocycles. The number of aliphatic hydroxyl groups is 1. The largest absolute Gasteiger partial charge is 0.481 e. The van der Waals surface area contributed by atoms with Gasteiger partial charge in [-0.1, -0.05) is 26.3 Å². The highest BCUT2D eigenvalue weighted by Gasteiger charge is 2.67. The lowest BCUT2D eigenvalue weighted by Crippen LogP contribution is -2.54. The Morgan fingerprint density at radius 3 is 2.32 bits per heavy atom. The number of hydrogen-bond donors (Lipinski definition) is 3. The molecule has 2 aliphatic rings. The van der Waals surface area contributed by atoms with Gasteiger partial charge in [-0.25, -0.2) is 4.79 Å². The third kappa shape index (κ3) is 3.12. The number of carboxylic acids is 2. The van der Waals surface area contributed by atoms with E-state index in [0.717, 1.165) is 24.8 Å². The van der Waals surface area contributed by atoms with Crippen molar-refractivity contribution in [1.82, 2.24) is 0 Å². The van der Waals surface area contributed by atoms with Gasteiger partial charge in [0.1, 0.15) is 0 Å². The second kappa shape index (κ2) is 6.42. The molecular formula is C20H32O5. The molecule has 0 aromatic rings. The number of fused-ring (bicyclic) bond motifs is 1. The summed E-state index contributed by atoms with van der Waals surface area (Å²) in [6, 6.07) is 0. The van der Waals surface area contributed by atoms with E-state index in [-0.39, 0.29) is 11.3 Å². The molecule has 0 aromatic carbocycles. The zero-order valence-corrected chi connectivity index (χ0v) is 16.0. The molecule has 2 aliphatic carbocycles. The van der Waals surface area contributed by atoms with Crippen LogP contribution in [-0.4, -0.2) is 32.9 Å². The molecule has 142 valence electrons. The first-order valence-corrected chi connectivity index (χ1v) is 9.21. The van der Waals surface area contributed by atoms with E-state index >= 15 is 0 Å². The molecule has 6 atom stereocenters. The second-order valence-corrected chi connectivity index (χ2v) is 9.02. The molecule has 2 fully saturated rings. The Kier molecular flexibility index (Phi) is 5.12. The summed E-state index contributed by atoms with van der Waals surface area (Å²) in [5.41, 5.74) is -0.944. The highest BCUT2D eigenvalue weighted by molar-refractivity contribution is 5.80. The molecule has 5 nitrogen and oxygen atoms in total. The van der Waals surface area contributed by atoms with Crippen LogP contribution in [0.4, 0.5) is 0 Å². The number of aliphatic carboxylic acids is 2. The van der Waals surface area contributed by atoms with Crippen molar-refractivity contribution in [1.29, 1.82) is 0 Å². The number of carboxylic acid groups (broad SMARTS) is 2. The Hall–Kier alpha value is -1.36. The Morgan fingerprint density at radius 1 is 1.20 bits per heavy atom. The van der Waals surface area contributed by atoms with E-state index < -0.39 is 28.9 Å². The SMILES string of the molecule is C/C(=C/C(=O)O)CC[C@@]1(C)[C@H](C)CC[C@@]2(C)[C@@H]1C[C@H](C(=O)O)[C@@]2(C)O. The fourth-order valence-corrected chi connectivity index (χ4v) is 5.60. The maximum Gasteiger partial charge on any atom is 0.328 e. The molecule has 0 aliphatic heterocycles. The van der Waals surface area contributed by atoms with Crippen LogP contribution in [0.5, 0.6) is 0 Å². The molecule has 0 saturated heterocycles. The van der Waals surface area contributed by atoms with Crippen molar-refractivity contribution in [2.24, 2.45) is 28.6 Å². The van der Waals surface area contributed by atoms with Gasteiger partial charge in [0.2, 0.25) is 0 Å². The van der Waals surface area contributed by atoms with Gasteiger partial charge in [0.05, 0.1) is 11.5 Å². The number of rotatable bonds is 5. The Bertz CT molecular complexity index is 593. The molecule has 2 rings (SSSR count). The van der Waals surface area contributed by atoms with Crippen molar-refractivity contribution in [3.63, 3.8) is 0 Å². The van der Waals surface area contributed by atoms with Crippen LogP contribution in [0.25, 0.3) is 0 Å². The topological polar surface area (TPSA) is 94.8 Å². The third-order valence-corrected chi connectivity index (χ3v) is 7.82. The highest BCUT2D eigenvalue weighted by atomic mass is 16.4. The minimum absolute atomic E-state index is 0.109. The average Bonchev–Trinajstić information content (AvgIpc) is 2.69. The minimum atomic E-state index is -1.23.